The highest BCUT2D eigenvalue weighted by atomic mass is 79.9. The smallest absolute Gasteiger partial charge is 0.123 e. The molecule has 2 unspecified atom stereocenters. The Balaban J connectivity index is 1.44. The van der Waals surface area contributed by atoms with Crippen molar-refractivity contribution < 1.29 is 4.74 Å². The van der Waals surface area contributed by atoms with Crippen LogP contribution in [0.3, 0.4) is 0 Å². The van der Waals surface area contributed by atoms with Crippen LogP contribution in [0.1, 0.15) is 24.8 Å². The van der Waals surface area contributed by atoms with E-state index in [2.05, 4.69) is 45.3 Å². The van der Waals surface area contributed by atoms with Crippen LogP contribution in [0, 0.1) is 0 Å². The van der Waals surface area contributed by atoms with E-state index in [1.54, 1.807) is 0 Å². The van der Waals surface area contributed by atoms with Crippen LogP contribution in [0.25, 0.3) is 0 Å². The van der Waals surface area contributed by atoms with E-state index in [4.69, 9.17) is 4.74 Å². The lowest BCUT2D eigenvalue weighted by Gasteiger charge is -2.32. The van der Waals surface area contributed by atoms with Gasteiger partial charge in [-0.25, -0.2) is 0 Å². The Kier molecular flexibility index (Phi) is 4.64. The van der Waals surface area contributed by atoms with E-state index in [-0.39, 0.29) is 6.10 Å². The van der Waals surface area contributed by atoms with Gasteiger partial charge in [-0.1, -0.05) is 22.4 Å². The zero-order chi connectivity index (χ0) is 13.9. The number of piperidine rings is 1. The number of hydrogen-bond donors (Lipinski definition) is 1. The number of fused-ring (bicyclic) bond motifs is 1. The van der Waals surface area contributed by atoms with Gasteiger partial charge in [0.25, 0.3) is 0 Å². The zero-order valence-corrected chi connectivity index (χ0v) is 13.7. The summed E-state index contributed by atoms with van der Waals surface area (Å²) in [5.41, 5.74) is 1.32. The summed E-state index contributed by atoms with van der Waals surface area (Å²) in [4.78, 5) is 2.48. The summed E-state index contributed by atoms with van der Waals surface area (Å²) < 4.78 is 7.12. The van der Waals surface area contributed by atoms with Gasteiger partial charge in [0.15, 0.2) is 0 Å². The molecule has 1 N–H and O–H groups in total. The number of nitrogens with one attached hydrogen (secondary N) is 1. The highest BCUT2D eigenvalue weighted by Gasteiger charge is 2.24. The number of rotatable bonds is 4. The van der Waals surface area contributed by atoms with Crippen LogP contribution in [0.15, 0.2) is 22.7 Å². The maximum absolute atomic E-state index is 5.98. The summed E-state index contributed by atoms with van der Waals surface area (Å²) in [6.07, 6.45) is 5.34. The molecule has 2 aliphatic heterocycles. The molecule has 0 bridgehead atoms. The molecule has 1 saturated heterocycles. The molecule has 0 aromatic heterocycles. The summed E-state index contributed by atoms with van der Waals surface area (Å²) >= 11 is 3.52. The van der Waals surface area contributed by atoms with Crippen LogP contribution in [-0.4, -0.2) is 43.7 Å². The van der Waals surface area contributed by atoms with Crippen molar-refractivity contribution in [1.29, 1.82) is 0 Å². The lowest BCUT2D eigenvalue weighted by atomic mass is 10.0. The highest BCUT2D eigenvalue weighted by molar-refractivity contribution is 9.10. The third kappa shape index (κ3) is 3.35. The first-order valence-corrected chi connectivity index (χ1v) is 8.38. The van der Waals surface area contributed by atoms with E-state index in [0.29, 0.717) is 6.04 Å². The molecule has 0 radical (unpaired) electrons. The number of likely N-dealkylation sites (tertiary alicyclic amines) is 1. The topological polar surface area (TPSA) is 24.5 Å². The fraction of sp³-hybridized carbons (Fsp3) is 0.625. The Labute approximate surface area is 129 Å². The van der Waals surface area contributed by atoms with Gasteiger partial charge < -0.3 is 15.0 Å². The van der Waals surface area contributed by atoms with Gasteiger partial charge in [-0.2, -0.15) is 0 Å². The fourth-order valence-corrected chi connectivity index (χ4v) is 3.62. The molecule has 110 valence electrons. The molecule has 1 aromatic rings. The van der Waals surface area contributed by atoms with Crippen LogP contribution in [-0.2, 0) is 6.42 Å². The Bertz CT molecular complexity index is 466. The fourth-order valence-electron chi connectivity index (χ4n) is 3.22. The number of hydrogen-bond acceptors (Lipinski definition) is 3. The molecule has 3 nitrogen and oxygen atoms in total. The van der Waals surface area contributed by atoms with Crippen molar-refractivity contribution in [2.45, 2.75) is 37.8 Å². The van der Waals surface area contributed by atoms with Gasteiger partial charge in [0, 0.05) is 30.0 Å². The van der Waals surface area contributed by atoms with E-state index in [9.17, 15) is 0 Å². The van der Waals surface area contributed by atoms with Crippen molar-refractivity contribution in [3.63, 3.8) is 0 Å². The van der Waals surface area contributed by atoms with E-state index in [0.717, 1.165) is 29.7 Å². The molecule has 0 spiro atoms. The van der Waals surface area contributed by atoms with Gasteiger partial charge in [0.2, 0.25) is 0 Å². The summed E-state index contributed by atoms with van der Waals surface area (Å²) in [6.45, 7) is 3.26. The summed E-state index contributed by atoms with van der Waals surface area (Å²) in [6, 6.07) is 6.98. The molecule has 0 aliphatic carbocycles. The normalized spacial score (nSPS) is 26.3. The van der Waals surface area contributed by atoms with Gasteiger partial charge >= 0.3 is 0 Å². The standard InChI is InChI=1S/C16H23BrN2O/c1-19-7-3-2-4-14(19)10-18-11-15-9-12-8-13(17)5-6-16(12)20-15/h5-6,8,14-15,18H,2-4,7,9-11H2,1H3. The van der Waals surface area contributed by atoms with Crippen molar-refractivity contribution in [3.8, 4) is 5.75 Å². The summed E-state index contributed by atoms with van der Waals surface area (Å²) in [5, 5.41) is 3.60. The Morgan fingerprint density at radius 3 is 3.10 bits per heavy atom. The van der Waals surface area contributed by atoms with Crippen LogP contribution in [0.2, 0.25) is 0 Å². The predicted octanol–water partition coefficient (Wildman–Crippen LogP) is 2.83. The molecule has 1 aromatic carbocycles. The predicted molar refractivity (Wildman–Crippen MR) is 85.4 cm³/mol. The Morgan fingerprint density at radius 2 is 2.25 bits per heavy atom. The van der Waals surface area contributed by atoms with Gasteiger partial charge in [-0.15, -0.1) is 0 Å². The Hall–Kier alpha value is -0.580. The minimum Gasteiger partial charge on any atom is -0.488 e. The summed E-state index contributed by atoms with van der Waals surface area (Å²) in [7, 11) is 2.24. The van der Waals surface area contributed by atoms with Crippen molar-refractivity contribution in [2.24, 2.45) is 0 Å². The molecule has 2 aliphatic rings. The maximum Gasteiger partial charge on any atom is 0.123 e. The van der Waals surface area contributed by atoms with Crippen molar-refractivity contribution in [3.05, 3.63) is 28.2 Å². The van der Waals surface area contributed by atoms with E-state index < -0.39 is 0 Å². The largest absolute Gasteiger partial charge is 0.488 e. The van der Waals surface area contributed by atoms with Gasteiger partial charge in [-0.05, 0) is 50.2 Å². The lowest BCUT2D eigenvalue weighted by Crippen LogP contribution is -2.45. The average molecular weight is 339 g/mol. The van der Waals surface area contributed by atoms with E-state index >= 15 is 0 Å². The number of halogens is 1. The quantitative estimate of drug-likeness (QED) is 0.913. The molecule has 4 heteroatoms. The SMILES string of the molecule is CN1CCCCC1CNCC1Cc2cc(Br)ccc2O1. The minimum atomic E-state index is 0.285. The zero-order valence-electron chi connectivity index (χ0n) is 12.1. The average Bonchev–Trinajstić information content (AvgIpc) is 2.83. The first-order chi connectivity index (χ1) is 9.72. The number of nitrogens with zero attached hydrogens (tertiary/aromatic N) is 1. The number of likely N-dealkylation sites (N-methyl/N-ethyl adjacent to an activating group) is 1. The van der Waals surface area contributed by atoms with Crippen LogP contribution in [0.4, 0.5) is 0 Å². The third-order valence-electron chi connectivity index (χ3n) is 4.44. The molecule has 3 rings (SSSR count). The molecule has 20 heavy (non-hydrogen) atoms. The Morgan fingerprint density at radius 1 is 1.35 bits per heavy atom. The first-order valence-electron chi connectivity index (χ1n) is 7.58. The lowest BCUT2D eigenvalue weighted by molar-refractivity contribution is 0.171. The highest BCUT2D eigenvalue weighted by Crippen LogP contribution is 2.30. The second-order valence-corrected chi connectivity index (χ2v) is 6.90. The number of benzene rings is 1. The maximum atomic E-state index is 5.98. The molecule has 2 atom stereocenters. The second kappa shape index (κ2) is 6.46. The van der Waals surface area contributed by atoms with Crippen molar-refractivity contribution in [1.82, 2.24) is 10.2 Å². The summed E-state index contributed by atoms with van der Waals surface area (Å²) in [5.74, 6) is 1.05. The van der Waals surface area contributed by atoms with E-state index in [1.165, 1.54) is 31.4 Å². The molecule has 0 amide bonds. The molecule has 0 saturated carbocycles. The molecule has 1 fully saturated rings. The third-order valence-corrected chi connectivity index (χ3v) is 4.93. The second-order valence-electron chi connectivity index (χ2n) is 5.98. The van der Waals surface area contributed by atoms with Crippen LogP contribution < -0.4 is 10.1 Å². The molecular formula is C16H23BrN2O. The van der Waals surface area contributed by atoms with Crippen molar-refractivity contribution >= 4 is 15.9 Å². The van der Waals surface area contributed by atoms with Gasteiger partial charge in [0.05, 0.1) is 0 Å². The van der Waals surface area contributed by atoms with Crippen molar-refractivity contribution in [2.75, 3.05) is 26.7 Å². The van der Waals surface area contributed by atoms with Crippen LogP contribution in [0.5, 0.6) is 5.75 Å². The molecule has 2 heterocycles. The van der Waals surface area contributed by atoms with E-state index in [1.807, 2.05) is 6.07 Å². The monoisotopic (exact) mass is 338 g/mol. The van der Waals surface area contributed by atoms with Gasteiger partial charge in [-0.3, -0.25) is 0 Å². The van der Waals surface area contributed by atoms with Gasteiger partial charge in [0.1, 0.15) is 11.9 Å². The number of ether oxygens (including phenoxy) is 1. The molecular weight excluding hydrogens is 316 g/mol. The first kappa shape index (κ1) is 14.4. The minimum absolute atomic E-state index is 0.285. The van der Waals surface area contributed by atoms with Crippen LogP contribution >= 0.6 is 15.9 Å².